The second-order valence-corrected chi connectivity index (χ2v) is 6.84. The first kappa shape index (κ1) is 14.1. The standard InChI is InChI=1S/C16H12Cl2N2OS/c17-12-6-3-10(8-13(12)18)19-16-20(11-4-5-11)14(9-22-16)15-2-1-7-21-15/h1-3,6-9,11H,4-5H2. The molecular weight excluding hydrogens is 339 g/mol. The van der Waals surface area contributed by atoms with Gasteiger partial charge in [0.25, 0.3) is 0 Å². The van der Waals surface area contributed by atoms with E-state index in [1.807, 2.05) is 18.2 Å². The molecule has 3 nitrogen and oxygen atoms in total. The number of halogens is 2. The third-order valence-corrected chi connectivity index (χ3v) is 5.13. The maximum atomic E-state index is 6.07. The second kappa shape index (κ2) is 5.61. The van der Waals surface area contributed by atoms with Gasteiger partial charge in [0.1, 0.15) is 0 Å². The fourth-order valence-corrected chi connectivity index (χ4v) is 3.62. The molecule has 0 aliphatic heterocycles. The SMILES string of the molecule is Clc1ccc(N=c2scc(-c3ccco3)n2C2CC2)cc1Cl. The Balaban J connectivity index is 1.85. The second-order valence-electron chi connectivity index (χ2n) is 5.19. The molecule has 0 N–H and O–H groups in total. The molecule has 4 rings (SSSR count). The summed E-state index contributed by atoms with van der Waals surface area (Å²) in [6.07, 6.45) is 4.05. The number of nitrogens with zero attached hydrogens (tertiary/aromatic N) is 2. The van der Waals surface area contributed by atoms with Crippen molar-refractivity contribution in [1.82, 2.24) is 4.57 Å². The molecular formula is C16H12Cl2N2OS. The molecule has 0 saturated heterocycles. The molecule has 2 aromatic heterocycles. The van der Waals surface area contributed by atoms with Gasteiger partial charge in [0.2, 0.25) is 0 Å². The summed E-state index contributed by atoms with van der Waals surface area (Å²) in [4.78, 5) is 5.68. The van der Waals surface area contributed by atoms with Crippen LogP contribution in [0.3, 0.4) is 0 Å². The van der Waals surface area contributed by atoms with Gasteiger partial charge in [-0.05, 0) is 43.2 Å². The van der Waals surface area contributed by atoms with Gasteiger partial charge in [-0.1, -0.05) is 23.2 Å². The van der Waals surface area contributed by atoms with Gasteiger partial charge in [0.15, 0.2) is 10.6 Å². The normalized spacial score (nSPS) is 15.5. The number of aromatic nitrogens is 1. The number of thiazole rings is 1. The number of benzene rings is 1. The lowest BCUT2D eigenvalue weighted by atomic mass is 10.3. The van der Waals surface area contributed by atoms with E-state index in [4.69, 9.17) is 32.6 Å². The Hall–Kier alpha value is -1.49. The molecule has 6 heteroatoms. The molecule has 0 bridgehead atoms. The van der Waals surface area contributed by atoms with Crippen molar-refractivity contribution in [3.63, 3.8) is 0 Å². The Morgan fingerprint density at radius 3 is 2.73 bits per heavy atom. The van der Waals surface area contributed by atoms with Crippen molar-refractivity contribution in [3.8, 4) is 11.5 Å². The summed E-state index contributed by atoms with van der Waals surface area (Å²) < 4.78 is 7.80. The number of hydrogen-bond acceptors (Lipinski definition) is 3. The van der Waals surface area contributed by atoms with Gasteiger partial charge in [-0.25, -0.2) is 4.99 Å². The third-order valence-electron chi connectivity index (χ3n) is 3.56. The summed E-state index contributed by atoms with van der Waals surface area (Å²) in [6.45, 7) is 0. The van der Waals surface area contributed by atoms with Crippen molar-refractivity contribution in [1.29, 1.82) is 0 Å². The van der Waals surface area contributed by atoms with Crippen LogP contribution in [0, 0.1) is 0 Å². The van der Waals surface area contributed by atoms with Crippen LogP contribution in [0.4, 0.5) is 5.69 Å². The van der Waals surface area contributed by atoms with Crippen molar-refractivity contribution < 1.29 is 4.42 Å². The van der Waals surface area contributed by atoms with Crippen LogP contribution < -0.4 is 4.80 Å². The van der Waals surface area contributed by atoms with Crippen LogP contribution in [0.1, 0.15) is 18.9 Å². The molecule has 0 radical (unpaired) electrons. The van der Waals surface area contributed by atoms with Crippen molar-refractivity contribution in [2.45, 2.75) is 18.9 Å². The highest BCUT2D eigenvalue weighted by Gasteiger charge is 2.28. The van der Waals surface area contributed by atoms with E-state index < -0.39 is 0 Å². The molecule has 0 atom stereocenters. The van der Waals surface area contributed by atoms with Crippen molar-refractivity contribution >= 4 is 40.2 Å². The molecule has 112 valence electrons. The van der Waals surface area contributed by atoms with Crippen LogP contribution in [0.2, 0.25) is 10.0 Å². The minimum atomic E-state index is 0.507. The zero-order valence-electron chi connectivity index (χ0n) is 11.5. The predicted molar refractivity (Wildman–Crippen MR) is 90.0 cm³/mol. The van der Waals surface area contributed by atoms with E-state index in [9.17, 15) is 0 Å². The Kier molecular flexibility index (Phi) is 3.60. The molecule has 1 aliphatic carbocycles. The Labute approximate surface area is 141 Å². The highest BCUT2D eigenvalue weighted by atomic mass is 35.5. The maximum Gasteiger partial charge on any atom is 0.190 e. The van der Waals surface area contributed by atoms with E-state index in [-0.39, 0.29) is 0 Å². The summed E-state index contributed by atoms with van der Waals surface area (Å²) in [6, 6.07) is 9.81. The maximum absolute atomic E-state index is 6.07. The van der Waals surface area contributed by atoms with Crippen molar-refractivity contribution in [2.75, 3.05) is 0 Å². The molecule has 1 aliphatic rings. The molecule has 0 unspecified atom stereocenters. The van der Waals surface area contributed by atoms with Gasteiger partial charge >= 0.3 is 0 Å². The van der Waals surface area contributed by atoms with Crippen LogP contribution in [-0.4, -0.2) is 4.57 Å². The average Bonchev–Trinajstić information content (AvgIpc) is 3.04. The monoisotopic (exact) mass is 350 g/mol. The summed E-state index contributed by atoms with van der Waals surface area (Å²) in [5.41, 5.74) is 1.88. The average molecular weight is 351 g/mol. The van der Waals surface area contributed by atoms with Gasteiger partial charge in [-0.2, -0.15) is 0 Å². The molecule has 1 saturated carbocycles. The van der Waals surface area contributed by atoms with Gasteiger partial charge in [-0.3, -0.25) is 0 Å². The van der Waals surface area contributed by atoms with E-state index in [2.05, 4.69) is 9.95 Å². The third kappa shape index (κ3) is 2.62. The smallest absolute Gasteiger partial charge is 0.190 e. The van der Waals surface area contributed by atoms with Gasteiger partial charge in [0, 0.05) is 11.4 Å². The van der Waals surface area contributed by atoms with E-state index in [1.165, 1.54) is 12.8 Å². The fraction of sp³-hybridized carbons (Fsp3) is 0.188. The molecule has 0 spiro atoms. The highest BCUT2D eigenvalue weighted by molar-refractivity contribution is 7.07. The lowest BCUT2D eigenvalue weighted by molar-refractivity contribution is 0.570. The van der Waals surface area contributed by atoms with Crippen LogP contribution in [0.25, 0.3) is 11.5 Å². The highest BCUT2D eigenvalue weighted by Crippen LogP contribution is 2.38. The molecule has 2 heterocycles. The van der Waals surface area contributed by atoms with Crippen LogP contribution in [0.5, 0.6) is 0 Å². The topological polar surface area (TPSA) is 30.4 Å². The molecule has 0 amide bonds. The predicted octanol–water partition coefficient (Wildman–Crippen LogP) is 5.68. The van der Waals surface area contributed by atoms with Gasteiger partial charge in [-0.15, -0.1) is 11.3 Å². The zero-order valence-corrected chi connectivity index (χ0v) is 13.8. The zero-order chi connectivity index (χ0) is 15.1. The van der Waals surface area contributed by atoms with E-state index in [0.717, 1.165) is 21.9 Å². The number of hydrogen-bond donors (Lipinski definition) is 0. The Morgan fingerprint density at radius 1 is 1.18 bits per heavy atom. The largest absolute Gasteiger partial charge is 0.463 e. The lowest BCUT2D eigenvalue weighted by Crippen LogP contribution is -2.14. The summed E-state index contributed by atoms with van der Waals surface area (Å²) in [5, 5.41) is 3.15. The van der Waals surface area contributed by atoms with Crippen LogP contribution in [0.15, 0.2) is 51.4 Å². The number of rotatable bonds is 3. The molecule has 1 aromatic carbocycles. The van der Waals surface area contributed by atoms with E-state index in [1.54, 1.807) is 29.7 Å². The van der Waals surface area contributed by atoms with Crippen molar-refractivity contribution in [3.05, 3.63) is 56.8 Å². The minimum Gasteiger partial charge on any atom is -0.463 e. The summed E-state index contributed by atoms with van der Waals surface area (Å²) in [5.74, 6) is 0.874. The minimum absolute atomic E-state index is 0.507. The van der Waals surface area contributed by atoms with Gasteiger partial charge < -0.3 is 8.98 Å². The fourth-order valence-electron chi connectivity index (χ4n) is 2.36. The van der Waals surface area contributed by atoms with Gasteiger partial charge in [0.05, 0.1) is 27.7 Å². The van der Waals surface area contributed by atoms with E-state index >= 15 is 0 Å². The first-order valence-electron chi connectivity index (χ1n) is 6.96. The first-order valence-corrected chi connectivity index (χ1v) is 8.59. The molecule has 3 aromatic rings. The Morgan fingerprint density at radius 2 is 2.05 bits per heavy atom. The summed E-state index contributed by atoms with van der Waals surface area (Å²) >= 11 is 13.6. The number of furan rings is 1. The Bertz CT molecular complexity index is 876. The lowest BCUT2D eigenvalue weighted by Gasteiger charge is -2.05. The molecule has 1 fully saturated rings. The van der Waals surface area contributed by atoms with E-state index in [0.29, 0.717) is 16.1 Å². The van der Waals surface area contributed by atoms with Crippen LogP contribution in [-0.2, 0) is 0 Å². The first-order chi connectivity index (χ1) is 10.7. The summed E-state index contributed by atoms with van der Waals surface area (Å²) in [7, 11) is 0. The van der Waals surface area contributed by atoms with Crippen LogP contribution >= 0.6 is 34.5 Å². The molecule has 22 heavy (non-hydrogen) atoms. The van der Waals surface area contributed by atoms with Crippen molar-refractivity contribution in [2.24, 2.45) is 4.99 Å². The quantitative estimate of drug-likeness (QED) is 0.597.